The van der Waals surface area contributed by atoms with Crippen molar-refractivity contribution in [2.75, 3.05) is 6.61 Å². The first-order chi connectivity index (χ1) is 13.8. The van der Waals surface area contributed by atoms with E-state index in [9.17, 15) is 22.8 Å². The van der Waals surface area contributed by atoms with Gasteiger partial charge in [0.15, 0.2) is 12.4 Å². The molecule has 1 heterocycles. The third kappa shape index (κ3) is 4.07. The molecule has 1 aliphatic heterocycles. The Morgan fingerprint density at radius 2 is 1.76 bits per heavy atom. The van der Waals surface area contributed by atoms with Gasteiger partial charge in [0, 0.05) is 17.2 Å². The fraction of sp³-hybridized carbons (Fsp3) is 0.286. The molecule has 152 valence electrons. The van der Waals surface area contributed by atoms with Gasteiger partial charge in [-0.3, -0.25) is 9.59 Å². The van der Waals surface area contributed by atoms with Crippen LogP contribution in [0.2, 0.25) is 0 Å². The molecule has 1 N–H and O–H groups in total. The Morgan fingerprint density at radius 1 is 1.07 bits per heavy atom. The van der Waals surface area contributed by atoms with Crippen molar-refractivity contribution in [3.8, 4) is 0 Å². The van der Waals surface area contributed by atoms with Crippen LogP contribution in [-0.2, 0) is 19.4 Å². The summed E-state index contributed by atoms with van der Waals surface area (Å²) in [5.74, 6) is -1.70. The van der Waals surface area contributed by atoms with Crippen molar-refractivity contribution in [2.24, 2.45) is 0 Å². The number of esters is 1. The monoisotopic (exact) mass is 415 g/mol. The highest BCUT2D eigenvalue weighted by Crippen LogP contribution is 2.34. The largest absolute Gasteiger partial charge is 0.452 e. The number of fused-ring (bicyclic) bond motifs is 2. The Balaban J connectivity index is 1.80. The highest BCUT2D eigenvalue weighted by atomic mass is 32.2. The number of hydrogen-bond donors (Lipinski definition) is 1. The molecule has 0 saturated heterocycles. The fourth-order valence-electron chi connectivity index (χ4n) is 3.25. The predicted molar refractivity (Wildman–Crippen MR) is 105 cm³/mol. The molecule has 7 nitrogen and oxygen atoms in total. The van der Waals surface area contributed by atoms with Crippen molar-refractivity contribution in [1.82, 2.24) is 5.32 Å². The van der Waals surface area contributed by atoms with Crippen molar-refractivity contribution < 1.29 is 27.5 Å². The maximum absolute atomic E-state index is 12.9. The average molecular weight is 415 g/mol. The Bertz CT molecular complexity index is 1090. The van der Waals surface area contributed by atoms with E-state index in [0.29, 0.717) is 0 Å². The first-order valence-corrected chi connectivity index (χ1v) is 10.7. The lowest BCUT2D eigenvalue weighted by molar-refractivity contribution is -0.124. The molecular weight excluding hydrogens is 394 g/mol. The molecule has 1 atom stereocenters. The van der Waals surface area contributed by atoms with Gasteiger partial charge in [0.2, 0.25) is 9.84 Å². The lowest BCUT2D eigenvalue weighted by Crippen LogP contribution is -2.35. The van der Waals surface area contributed by atoms with Crippen LogP contribution < -0.4 is 5.32 Å². The van der Waals surface area contributed by atoms with Crippen LogP contribution in [0, 0.1) is 0 Å². The maximum atomic E-state index is 12.9. The second-order valence-corrected chi connectivity index (χ2v) is 8.76. The zero-order chi connectivity index (χ0) is 21.2. The molecule has 8 heteroatoms. The molecule has 1 unspecified atom stereocenters. The van der Waals surface area contributed by atoms with Gasteiger partial charge in [-0.1, -0.05) is 25.5 Å². The summed E-state index contributed by atoms with van der Waals surface area (Å²) in [6.07, 6.45) is 1.71. The first kappa shape index (κ1) is 20.7. The molecule has 0 fully saturated rings. The molecule has 0 bridgehead atoms. The summed E-state index contributed by atoms with van der Waals surface area (Å²) in [6.45, 7) is 3.38. The van der Waals surface area contributed by atoms with Crippen molar-refractivity contribution in [2.45, 2.75) is 42.5 Å². The second kappa shape index (κ2) is 8.16. The predicted octanol–water partition coefficient (Wildman–Crippen LogP) is 2.53. The Labute approximate surface area is 169 Å². The van der Waals surface area contributed by atoms with Crippen molar-refractivity contribution in [3.63, 3.8) is 0 Å². The van der Waals surface area contributed by atoms with E-state index in [-0.39, 0.29) is 32.5 Å². The number of sulfone groups is 1. The third-order valence-electron chi connectivity index (χ3n) is 4.64. The molecule has 2 aromatic rings. The number of ketones is 1. The molecule has 29 heavy (non-hydrogen) atoms. The standard InChI is InChI=1S/C21H21NO6S/c1-3-6-13(2)22-19(23)12-28-21(25)14-9-10-16-18(11-14)29(26,27)17-8-5-4-7-15(17)20(16)24/h4-5,7-11,13H,3,6,12H2,1-2H3,(H,22,23). The van der Waals surface area contributed by atoms with Crippen LogP contribution in [0.25, 0.3) is 0 Å². The van der Waals surface area contributed by atoms with Crippen LogP contribution >= 0.6 is 0 Å². The zero-order valence-corrected chi connectivity index (χ0v) is 16.9. The topological polar surface area (TPSA) is 107 Å². The van der Waals surface area contributed by atoms with Crippen LogP contribution in [0.15, 0.2) is 52.3 Å². The van der Waals surface area contributed by atoms with Gasteiger partial charge in [0.05, 0.1) is 15.4 Å². The summed E-state index contributed by atoms with van der Waals surface area (Å²) in [5, 5.41) is 2.71. The van der Waals surface area contributed by atoms with Crippen molar-refractivity contribution in [1.29, 1.82) is 0 Å². The number of carbonyl (C=O) groups excluding carboxylic acids is 3. The van der Waals surface area contributed by atoms with Gasteiger partial charge in [0.1, 0.15) is 0 Å². The molecular formula is C21H21NO6S. The number of hydrogen-bond acceptors (Lipinski definition) is 6. The third-order valence-corrected chi connectivity index (χ3v) is 6.49. The van der Waals surface area contributed by atoms with Crippen LogP contribution in [-0.4, -0.2) is 38.7 Å². The molecule has 0 spiro atoms. The number of ether oxygens (including phenoxy) is 1. The molecule has 0 aliphatic carbocycles. The highest BCUT2D eigenvalue weighted by Gasteiger charge is 2.35. The van der Waals surface area contributed by atoms with Crippen LogP contribution in [0.4, 0.5) is 0 Å². The van der Waals surface area contributed by atoms with E-state index in [1.807, 2.05) is 13.8 Å². The normalized spacial score (nSPS) is 15.0. The van der Waals surface area contributed by atoms with E-state index >= 15 is 0 Å². The lowest BCUT2D eigenvalue weighted by atomic mass is 10.0. The van der Waals surface area contributed by atoms with Crippen LogP contribution in [0.5, 0.6) is 0 Å². The van der Waals surface area contributed by atoms with Crippen molar-refractivity contribution >= 4 is 27.5 Å². The average Bonchev–Trinajstić information content (AvgIpc) is 2.70. The van der Waals surface area contributed by atoms with E-state index in [0.717, 1.165) is 18.9 Å². The van der Waals surface area contributed by atoms with E-state index < -0.39 is 34.1 Å². The Morgan fingerprint density at radius 3 is 2.48 bits per heavy atom. The molecule has 3 rings (SSSR count). The second-order valence-electron chi connectivity index (χ2n) is 6.87. The number of rotatable bonds is 6. The lowest BCUT2D eigenvalue weighted by Gasteiger charge is -2.19. The Hall–Kier alpha value is -3.00. The van der Waals surface area contributed by atoms with Gasteiger partial charge in [-0.15, -0.1) is 0 Å². The SMILES string of the molecule is CCCC(C)NC(=O)COC(=O)c1ccc2c(c1)S(=O)(=O)c1ccccc1C2=O. The van der Waals surface area contributed by atoms with E-state index in [1.165, 1.54) is 30.3 Å². The minimum Gasteiger partial charge on any atom is -0.452 e. The number of carbonyl (C=O) groups is 3. The molecule has 2 aromatic carbocycles. The summed E-state index contributed by atoms with van der Waals surface area (Å²) in [6, 6.07) is 9.65. The molecule has 0 saturated carbocycles. The number of benzene rings is 2. The van der Waals surface area contributed by atoms with E-state index in [1.54, 1.807) is 6.07 Å². The number of nitrogens with one attached hydrogen (secondary N) is 1. The summed E-state index contributed by atoms with van der Waals surface area (Å²) in [7, 11) is -3.95. The summed E-state index contributed by atoms with van der Waals surface area (Å²) < 4.78 is 30.8. The van der Waals surface area contributed by atoms with E-state index in [2.05, 4.69) is 5.32 Å². The minimum absolute atomic E-state index is 0.00591. The highest BCUT2D eigenvalue weighted by molar-refractivity contribution is 7.91. The number of amides is 1. The summed E-state index contributed by atoms with van der Waals surface area (Å²) >= 11 is 0. The smallest absolute Gasteiger partial charge is 0.338 e. The van der Waals surface area contributed by atoms with Crippen LogP contribution in [0.3, 0.4) is 0 Å². The zero-order valence-electron chi connectivity index (χ0n) is 16.1. The Kier molecular flexibility index (Phi) is 5.83. The van der Waals surface area contributed by atoms with Crippen LogP contribution in [0.1, 0.15) is 53.0 Å². The van der Waals surface area contributed by atoms with Gasteiger partial charge in [0.25, 0.3) is 5.91 Å². The molecule has 0 aromatic heterocycles. The fourth-order valence-corrected chi connectivity index (χ4v) is 4.92. The van der Waals surface area contributed by atoms with Gasteiger partial charge in [-0.25, -0.2) is 13.2 Å². The van der Waals surface area contributed by atoms with Gasteiger partial charge in [-0.05, 0) is 43.7 Å². The summed E-state index contributed by atoms with van der Waals surface area (Å²) in [4.78, 5) is 36.4. The molecule has 1 aliphatic rings. The minimum atomic E-state index is -3.95. The summed E-state index contributed by atoms with van der Waals surface area (Å²) in [5.41, 5.74) is 0.0634. The van der Waals surface area contributed by atoms with Gasteiger partial charge < -0.3 is 10.1 Å². The van der Waals surface area contributed by atoms with E-state index in [4.69, 9.17) is 4.74 Å². The van der Waals surface area contributed by atoms with Gasteiger partial charge in [-0.2, -0.15) is 0 Å². The first-order valence-electron chi connectivity index (χ1n) is 9.25. The van der Waals surface area contributed by atoms with Crippen molar-refractivity contribution in [3.05, 3.63) is 59.2 Å². The quantitative estimate of drug-likeness (QED) is 0.620. The molecule has 0 radical (unpaired) electrons. The maximum Gasteiger partial charge on any atom is 0.338 e. The molecule has 1 amide bonds. The van der Waals surface area contributed by atoms with Gasteiger partial charge >= 0.3 is 5.97 Å².